The van der Waals surface area contributed by atoms with E-state index in [-0.39, 0.29) is 16.6 Å². The van der Waals surface area contributed by atoms with E-state index in [1.165, 1.54) is 16.6 Å². The van der Waals surface area contributed by atoms with Crippen molar-refractivity contribution in [3.05, 3.63) is 16.7 Å². The van der Waals surface area contributed by atoms with Crippen LogP contribution in [0.25, 0.3) is 0 Å². The molecule has 1 aromatic rings. The summed E-state index contributed by atoms with van der Waals surface area (Å²) in [7, 11) is -1.96. The Kier molecular flexibility index (Phi) is 4.44. The largest absolute Gasteiger partial charge is 0.384 e. The number of pyridine rings is 1. The highest BCUT2D eigenvalue weighted by molar-refractivity contribution is 9.10. The van der Waals surface area contributed by atoms with Gasteiger partial charge in [-0.05, 0) is 34.3 Å². The van der Waals surface area contributed by atoms with E-state index in [2.05, 4.69) is 20.9 Å². The Bertz CT molecular complexity index is 564. The Labute approximate surface area is 121 Å². The van der Waals surface area contributed by atoms with Crippen molar-refractivity contribution in [2.45, 2.75) is 11.3 Å². The number of anilines is 1. The molecule has 106 valence electrons. The number of hydrogen-bond donors (Lipinski definition) is 1. The third kappa shape index (κ3) is 3.07. The SMILES string of the molecule is COCC1CCN(S(=O)(=O)c2cc(Br)cnc2N)C1. The van der Waals surface area contributed by atoms with Gasteiger partial charge in [0.2, 0.25) is 10.0 Å². The Morgan fingerprint density at radius 2 is 2.37 bits per heavy atom. The van der Waals surface area contributed by atoms with Gasteiger partial charge < -0.3 is 10.5 Å². The second-order valence-electron chi connectivity index (χ2n) is 4.51. The zero-order chi connectivity index (χ0) is 14.0. The lowest BCUT2D eigenvalue weighted by molar-refractivity contribution is 0.157. The van der Waals surface area contributed by atoms with Crippen LogP contribution in [0.4, 0.5) is 5.82 Å². The summed E-state index contributed by atoms with van der Waals surface area (Å²) in [5.41, 5.74) is 5.67. The number of methoxy groups -OCH3 is 1. The van der Waals surface area contributed by atoms with Crippen LogP contribution in [0, 0.1) is 5.92 Å². The maximum atomic E-state index is 12.5. The van der Waals surface area contributed by atoms with Gasteiger partial charge in [-0.15, -0.1) is 0 Å². The molecule has 1 saturated heterocycles. The lowest BCUT2D eigenvalue weighted by Crippen LogP contribution is -2.30. The van der Waals surface area contributed by atoms with E-state index in [0.717, 1.165) is 6.42 Å². The van der Waals surface area contributed by atoms with Gasteiger partial charge in [0.25, 0.3) is 0 Å². The highest BCUT2D eigenvalue weighted by Gasteiger charge is 2.34. The summed E-state index contributed by atoms with van der Waals surface area (Å²) in [6.45, 7) is 1.52. The van der Waals surface area contributed by atoms with Crippen molar-refractivity contribution >= 4 is 31.8 Å². The summed E-state index contributed by atoms with van der Waals surface area (Å²) in [5.74, 6) is 0.263. The summed E-state index contributed by atoms with van der Waals surface area (Å²) in [6, 6.07) is 1.49. The predicted octanol–water partition coefficient (Wildman–Crippen LogP) is 1.08. The number of nitrogens with zero attached hydrogens (tertiary/aromatic N) is 2. The standard InChI is InChI=1S/C11H16BrN3O3S/c1-18-7-8-2-3-15(6-8)19(16,17)10-4-9(12)5-14-11(10)13/h4-5,8H,2-3,6-7H2,1H3,(H2,13,14). The minimum absolute atomic E-state index is 0.0263. The van der Waals surface area contributed by atoms with Crippen LogP contribution in [0.2, 0.25) is 0 Å². The molecule has 8 heteroatoms. The molecule has 2 heterocycles. The molecule has 2 rings (SSSR count). The molecule has 0 spiro atoms. The first-order valence-corrected chi connectivity index (χ1v) is 8.08. The van der Waals surface area contributed by atoms with Crippen molar-refractivity contribution in [1.82, 2.24) is 9.29 Å². The van der Waals surface area contributed by atoms with Gasteiger partial charge in [0.05, 0.1) is 6.61 Å². The molecule has 1 atom stereocenters. The Balaban J connectivity index is 2.26. The maximum absolute atomic E-state index is 12.5. The van der Waals surface area contributed by atoms with Crippen molar-refractivity contribution in [2.24, 2.45) is 5.92 Å². The first-order chi connectivity index (χ1) is 8.95. The highest BCUT2D eigenvalue weighted by Crippen LogP contribution is 2.28. The minimum Gasteiger partial charge on any atom is -0.384 e. The maximum Gasteiger partial charge on any atom is 0.246 e. The van der Waals surface area contributed by atoms with Crippen LogP contribution in [0.5, 0.6) is 0 Å². The lowest BCUT2D eigenvalue weighted by atomic mass is 10.1. The van der Waals surface area contributed by atoms with Crippen LogP contribution in [0.1, 0.15) is 6.42 Å². The molecule has 19 heavy (non-hydrogen) atoms. The van der Waals surface area contributed by atoms with Crippen LogP contribution >= 0.6 is 15.9 Å². The second kappa shape index (κ2) is 5.74. The highest BCUT2D eigenvalue weighted by atomic mass is 79.9. The molecule has 0 amide bonds. The summed E-state index contributed by atoms with van der Waals surface area (Å²) in [4.78, 5) is 3.93. The molecule has 1 fully saturated rings. The minimum atomic E-state index is -3.58. The fraction of sp³-hybridized carbons (Fsp3) is 0.545. The van der Waals surface area contributed by atoms with Crippen LogP contribution in [0.15, 0.2) is 21.6 Å². The molecule has 0 saturated carbocycles. The van der Waals surface area contributed by atoms with Crippen LogP contribution in [-0.4, -0.2) is 44.5 Å². The molecule has 0 aromatic carbocycles. The monoisotopic (exact) mass is 349 g/mol. The number of nitrogens with two attached hydrogens (primary N) is 1. The van der Waals surface area contributed by atoms with E-state index < -0.39 is 10.0 Å². The fourth-order valence-electron chi connectivity index (χ4n) is 2.16. The molecule has 1 aliphatic heterocycles. The predicted molar refractivity (Wildman–Crippen MR) is 75.1 cm³/mol. The summed E-state index contributed by atoms with van der Waals surface area (Å²) in [5, 5.41) is 0. The zero-order valence-corrected chi connectivity index (χ0v) is 12.9. The second-order valence-corrected chi connectivity index (χ2v) is 7.33. The Morgan fingerprint density at radius 1 is 1.63 bits per heavy atom. The first-order valence-electron chi connectivity index (χ1n) is 5.85. The smallest absolute Gasteiger partial charge is 0.246 e. The van der Waals surface area contributed by atoms with Crippen molar-refractivity contribution in [3.63, 3.8) is 0 Å². The molecule has 1 aromatic heterocycles. The molecular formula is C11H16BrN3O3S. The van der Waals surface area contributed by atoms with Crippen molar-refractivity contribution in [1.29, 1.82) is 0 Å². The number of halogens is 1. The summed E-state index contributed by atoms with van der Waals surface area (Å²) in [6.07, 6.45) is 2.28. The first kappa shape index (κ1) is 14.7. The molecule has 0 radical (unpaired) electrons. The van der Waals surface area contributed by atoms with Crippen molar-refractivity contribution in [2.75, 3.05) is 32.5 Å². The lowest BCUT2D eigenvalue weighted by Gasteiger charge is -2.17. The molecule has 6 nitrogen and oxygen atoms in total. The summed E-state index contributed by atoms with van der Waals surface area (Å²) < 4.78 is 32.1. The number of sulfonamides is 1. The van der Waals surface area contributed by atoms with Gasteiger partial charge in [0.15, 0.2) is 0 Å². The van der Waals surface area contributed by atoms with E-state index >= 15 is 0 Å². The third-order valence-corrected chi connectivity index (χ3v) is 5.45. The van der Waals surface area contributed by atoms with Gasteiger partial charge in [-0.2, -0.15) is 4.31 Å². The molecular weight excluding hydrogens is 334 g/mol. The van der Waals surface area contributed by atoms with E-state index in [0.29, 0.717) is 24.2 Å². The topological polar surface area (TPSA) is 85.5 Å². The van der Waals surface area contributed by atoms with Crippen LogP contribution in [-0.2, 0) is 14.8 Å². The number of rotatable bonds is 4. The van der Waals surface area contributed by atoms with E-state index in [1.54, 1.807) is 7.11 Å². The average Bonchev–Trinajstić information content (AvgIpc) is 2.82. The molecule has 1 aliphatic rings. The fourth-order valence-corrected chi connectivity index (χ4v) is 4.27. The van der Waals surface area contributed by atoms with E-state index in [9.17, 15) is 8.42 Å². The summed E-state index contributed by atoms with van der Waals surface area (Å²) >= 11 is 3.21. The normalized spacial score (nSPS) is 20.8. The van der Waals surface area contributed by atoms with E-state index in [1.807, 2.05) is 0 Å². The average molecular weight is 350 g/mol. The van der Waals surface area contributed by atoms with Gasteiger partial charge in [-0.3, -0.25) is 0 Å². The number of aromatic nitrogens is 1. The molecule has 2 N–H and O–H groups in total. The van der Waals surface area contributed by atoms with Gasteiger partial charge in [-0.25, -0.2) is 13.4 Å². The van der Waals surface area contributed by atoms with Gasteiger partial charge in [-0.1, -0.05) is 0 Å². The zero-order valence-electron chi connectivity index (χ0n) is 10.5. The van der Waals surface area contributed by atoms with Crippen molar-refractivity contribution < 1.29 is 13.2 Å². The quantitative estimate of drug-likeness (QED) is 0.878. The Morgan fingerprint density at radius 3 is 3.05 bits per heavy atom. The van der Waals surface area contributed by atoms with Gasteiger partial charge in [0.1, 0.15) is 10.7 Å². The number of nitrogen functional groups attached to an aromatic ring is 1. The van der Waals surface area contributed by atoms with Gasteiger partial charge in [0, 0.05) is 30.9 Å². The Hall–Kier alpha value is -0.700. The molecule has 0 aliphatic carbocycles. The van der Waals surface area contributed by atoms with Gasteiger partial charge >= 0.3 is 0 Å². The third-order valence-electron chi connectivity index (χ3n) is 3.12. The van der Waals surface area contributed by atoms with Crippen LogP contribution in [0.3, 0.4) is 0 Å². The number of ether oxygens (including phenoxy) is 1. The van der Waals surface area contributed by atoms with Crippen molar-refractivity contribution in [3.8, 4) is 0 Å². The van der Waals surface area contributed by atoms with E-state index in [4.69, 9.17) is 10.5 Å². The molecule has 1 unspecified atom stereocenters. The molecule has 0 bridgehead atoms. The van der Waals surface area contributed by atoms with Crippen LogP contribution < -0.4 is 5.73 Å². The number of hydrogen-bond acceptors (Lipinski definition) is 5.